The largest absolute Gasteiger partial charge is 0.249 e. The molecular formula is C14H30O6. The lowest BCUT2D eigenvalue weighted by molar-refractivity contribution is -0.568. The minimum atomic E-state index is -1.30. The van der Waals surface area contributed by atoms with E-state index in [2.05, 4.69) is 9.78 Å². The molecular weight excluding hydrogens is 264 g/mol. The molecule has 0 bridgehead atoms. The minimum absolute atomic E-state index is 0.284. The molecule has 0 aromatic heterocycles. The van der Waals surface area contributed by atoms with Crippen LogP contribution in [0.15, 0.2) is 0 Å². The van der Waals surface area contributed by atoms with E-state index in [0.717, 1.165) is 12.8 Å². The fourth-order valence-electron chi connectivity index (χ4n) is 1.90. The second-order valence-corrected chi connectivity index (χ2v) is 6.05. The lowest BCUT2D eigenvalue weighted by Crippen LogP contribution is -2.40. The molecule has 0 aliphatic heterocycles. The Bertz CT molecular complexity index is 236. The van der Waals surface area contributed by atoms with Crippen molar-refractivity contribution in [2.75, 3.05) is 0 Å². The summed E-state index contributed by atoms with van der Waals surface area (Å²) in [6, 6.07) is 0. The summed E-state index contributed by atoms with van der Waals surface area (Å²) < 4.78 is 0. The Morgan fingerprint density at radius 1 is 0.800 bits per heavy atom. The number of hydrogen-bond donors (Lipinski definition) is 2. The van der Waals surface area contributed by atoms with E-state index >= 15 is 0 Å². The van der Waals surface area contributed by atoms with E-state index in [0.29, 0.717) is 12.8 Å². The van der Waals surface area contributed by atoms with Gasteiger partial charge in [-0.25, -0.2) is 20.3 Å². The molecule has 0 aliphatic rings. The van der Waals surface area contributed by atoms with Crippen molar-refractivity contribution >= 4 is 0 Å². The second kappa shape index (κ2) is 8.92. The molecule has 4 atom stereocenters. The van der Waals surface area contributed by atoms with Gasteiger partial charge in [0, 0.05) is 12.8 Å². The molecule has 4 unspecified atom stereocenters. The maximum atomic E-state index is 9.02. The van der Waals surface area contributed by atoms with Crippen molar-refractivity contribution in [2.24, 2.45) is 11.8 Å². The molecule has 6 heteroatoms. The molecule has 0 amide bonds. The molecule has 0 aliphatic carbocycles. The molecule has 0 fully saturated rings. The third-order valence-corrected chi connectivity index (χ3v) is 3.61. The predicted octanol–water partition coefficient (Wildman–Crippen LogP) is 4.22. The molecule has 0 aromatic rings. The van der Waals surface area contributed by atoms with Gasteiger partial charge in [0.25, 0.3) is 0 Å². The highest BCUT2D eigenvalue weighted by molar-refractivity contribution is 4.67. The molecule has 20 heavy (non-hydrogen) atoms. The quantitative estimate of drug-likeness (QED) is 0.337. The summed E-state index contributed by atoms with van der Waals surface area (Å²) in [7, 11) is 0. The van der Waals surface area contributed by atoms with Crippen molar-refractivity contribution in [1.29, 1.82) is 0 Å². The van der Waals surface area contributed by atoms with E-state index in [1.807, 2.05) is 27.7 Å². The van der Waals surface area contributed by atoms with Crippen LogP contribution >= 0.6 is 0 Å². The van der Waals surface area contributed by atoms with Crippen LogP contribution in [-0.4, -0.2) is 22.1 Å². The van der Waals surface area contributed by atoms with E-state index in [1.165, 1.54) is 0 Å². The fourth-order valence-corrected chi connectivity index (χ4v) is 1.90. The van der Waals surface area contributed by atoms with Crippen LogP contribution in [0.5, 0.6) is 0 Å². The molecule has 0 aromatic carbocycles. The van der Waals surface area contributed by atoms with Crippen LogP contribution in [-0.2, 0) is 19.6 Å². The molecule has 0 rings (SSSR count). The molecule has 0 radical (unpaired) electrons. The third kappa shape index (κ3) is 6.97. The maximum absolute atomic E-state index is 9.02. The first-order chi connectivity index (χ1) is 9.24. The molecule has 0 heterocycles. The van der Waals surface area contributed by atoms with Gasteiger partial charge in [0.2, 0.25) is 11.6 Å². The zero-order chi connectivity index (χ0) is 15.8. The van der Waals surface area contributed by atoms with E-state index in [9.17, 15) is 0 Å². The van der Waals surface area contributed by atoms with Gasteiger partial charge < -0.3 is 0 Å². The average Bonchev–Trinajstić information content (AvgIpc) is 2.45. The monoisotopic (exact) mass is 294 g/mol. The lowest BCUT2D eigenvalue weighted by atomic mass is 9.99. The van der Waals surface area contributed by atoms with Crippen LogP contribution < -0.4 is 0 Å². The second-order valence-electron chi connectivity index (χ2n) is 6.05. The molecule has 2 N–H and O–H groups in total. The smallest absolute Gasteiger partial charge is 0.231 e. The van der Waals surface area contributed by atoms with E-state index < -0.39 is 11.6 Å². The summed E-state index contributed by atoms with van der Waals surface area (Å²) in [6.07, 6.45) is 2.74. The normalized spacial score (nSPS) is 21.0. The summed E-state index contributed by atoms with van der Waals surface area (Å²) in [4.78, 5) is 19.2. The Balaban J connectivity index is 4.57. The molecule has 6 nitrogen and oxygen atoms in total. The van der Waals surface area contributed by atoms with Crippen molar-refractivity contribution in [3.8, 4) is 0 Å². The Morgan fingerprint density at radius 3 is 1.30 bits per heavy atom. The molecule has 122 valence electrons. The van der Waals surface area contributed by atoms with Crippen LogP contribution in [0.1, 0.15) is 67.2 Å². The van der Waals surface area contributed by atoms with Gasteiger partial charge in [-0.15, -0.1) is 0 Å². The van der Waals surface area contributed by atoms with Crippen molar-refractivity contribution in [3.63, 3.8) is 0 Å². The van der Waals surface area contributed by atoms with Gasteiger partial charge in [-0.2, -0.15) is 9.78 Å². The summed E-state index contributed by atoms with van der Waals surface area (Å²) in [5.41, 5.74) is 0. The van der Waals surface area contributed by atoms with Gasteiger partial charge in [-0.1, -0.05) is 40.5 Å². The Hall–Kier alpha value is -0.240. The summed E-state index contributed by atoms with van der Waals surface area (Å²) in [6.45, 7) is 11.2. The molecule has 0 saturated heterocycles. The lowest BCUT2D eigenvalue weighted by Gasteiger charge is -2.33. The third-order valence-electron chi connectivity index (χ3n) is 3.61. The van der Waals surface area contributed by atoms with Crippen LogP contribution in [0, 0.1) is 11.8 Å². The molecule has 0 spiro atoms. The average molecular weight is 294 g/mol. The highest BCUT2D eigenvalue weighted by atomic mass is 17.3. The zero-order valence-corrected chi connectivity index (χ0v) is 13.5. The van der Waals surface area contributed by atoms with Gasteiger partial charge in [0.15, 0.2) is 0 Å². The van der Waals surface area contributed by atoms with Crippen LogP contribution in [0.3, 0.4) is 0 Å². The van der Waals surface area contributed by atoms with E-state index in [1.54, 1.807) is 13.8 Å². The maximum Gasteiger partial charge on any atom is 0.231 e. The zero-order valence-electron chi connectivity index (χ0n) is 13.5. The SMILES string of the molecule is CCC(C)CC(C)(OO)OOC(C)(CC(C)CC)OO. The Morgan fingerprint density at radius 2 is 1.10 bits per heavy atom. The van der Waals surface area contributed by atoms with Gasteiger partial charge in [0.1, 0.15) is 0 Å². The summed E-state index contributed by atoms with van der Waals surface area (Å²) in [5, 5.41) is 18.0. The van der Waals surface area contributed by atoms with Crippen molar-refractivity contribution in [3.05, 3.63) is 0 Å². The number of rotatable bonds is 11. The first-order valence-electron chi connectivity index (χ1n) is 7.26. The van der Waals surface area contributed by atoms with Gasteiger partial charge >= 0.3 is 0 Å². The van der Waals surface area contributed by atoms with Crippen molar-refractivity contribution in [1.82, 2.24) is 0 Å². The first-order valence-corrected chi connectivity index (χ1v) is 7.26. The highest BCUT2D eigenvalue weighted by Crippen LogP contribution is 2.29. The van der Waals surface area contributed by atoms with Gasteiger partial charge in [-0.3, -0.25) is 0 Å². The van der Waals surface area contributed by atoms with E-state index in [4.69, 9.17) is 20.3 Å². The summed E-state index contributed by atoms with van der Waals surface area (Å²) in [5.74, 6) is -2.03. The van der Waals surface area contributed by atoms with Crippen molar-refractivity contribution < 1.29 is 30.1 Å². The first kappa shape index (κ1) is 19.8. The topological polar surface area (TPSA) is 77.4 Å². The Kier molecular flexibility index (Phi) is 8.81. The number of hydrogen-bond acceptors (Lipinski definition) is 6. The van der Waals surface area contributed by atoms with E-state index in [-0.39, 0.29) is 11.8 Å². The summed E-state index contributed by atoms with van der Waals surface area (Å²) >= 11 is 0. The fraction of sp³-hybridized carbons (Fsp3) is 1.00. The van der Waals surface area contributed by atoms with Gasteiger partial charge in [0.05, 0.1) is 0 Å². The molecule has 0 saturated carbocycles. The van der Waals surface area contributed by atoms with Crippen LogP contribution in [0.4, 0.5) is 0 Å². The van der Waals surface area contributed by atoms with Crippen molar-refractivity contribution in [2.45, 2.75) is 78.8 Å². The van der Waals surface area contributed by atoms with Crippen LogP contribution in [0.25, 0.3) is 0 Å². The standard InChI is InChI=1S/C14H30O6/c1-7-11(3)9-13(5,17-15)19-20-14(6,18-16)10-12(4)8-2/h11-12,15-16H,7-10H2,1-6H3. The highest BCUT2D eigenvalue weighted by Gasteiger charge is 2.37. The Labute approximate surface area is 121 Å². The van der Waals surface area contributed by atoms with Crippen LogP contribution in [0.2, 0.25) is 0 Å². The minimum Gasteiger partial charge on any atom is -0.249 e. The van der Waals surface area contributed by atoms with Gasteiger partial charge in [-0.05, 0) is 25.7 Å². The predicted molar refractivity (Wildman–Crippen MR) is 74.6 cm³/mol.